The monoisotopic (exact) mass is 258 g/mol. The second-order valence-corrected chi connectivity index (χ2v) is 5.21. The third-order valence-electron chi connectivity index (χ3n) is 2.15. The number of primary amides is 1. The van der Waals surface area contributed by atoms with E-state index in [0.717, 1.165) is 0 Å². The molecule has 0 aliphatic rings. The maximum absolute atomic E-state index is 11.2. The summed E-state index contributed by atoms with van der Waals surface area (Å²) in [5, 5.41) is 5.06. The zero-order valence-corrected chi connectivity index (χ0v) is 10.4. The molecule has 0 unspecified atom stereocenters. The second kappa shape index (κ2) is 4.72. The van der Waals surface area contributed by atoms with Gasteiger partial charge in [0, 0.05) is 0 Å². The third kappa shape index (κ3) is 3.43. The number of hydrogen-bond donors (Lipinski definition) is 2. The highest BCUT2D eigenvalue weighted by atomic mass is 32.2. The highest BCUT2D eigenvalue weighted by molar-refractivity contribution is 7.89. The van der Waals surface area contributed by atoms with E-state index in [1.54, 1.807) is 13.8 Å². The van der Waals surface area contributed by atoms with Crippen LogP contribution in [0.2, 0.25) is 0 Å². The Balaban J connectivity index is 3.14. The van der Waals surface area contributed by atoms with Crippen LogP contribution in [0.25, 0.3) is 0 Å². The molecule has 0 aliphatic heterocycles. The molecule has 0 bridgehead atoms. The largest absolute Gasteiger partial charge is 0.484 e. The smallest absolute Gasteiger partial charge is 0.255 e. The molecule has 7 heteroatoms. The van der Waals surface area contributed by atoms with Gasteiger partial charge in [-0.15, -0.1) is 0 Å². The zero-order chi connectivity index (χ0) is 13.2. The van der Waals surface area contributed by atoms with Crippen LogP contribution in [0, 0.1) is 13.8 Å². The van der Waals surface area contributed by atoms with Crippen LogP contribution in [-0.4, -0.2) is 20.9 Å². The Morgan fingerprint density at radius 1 is 1.29 bits per heavy atom. The minimum atomic E-state index is -3.75. The highest BCUT2D eigenvalue weighted by Crippen LogP contribution is 2.25. The van der Waals surface area contributed by atoms with Crippen molar-refractivity contribution >= 4 is 15.9 Å². The molecule has 17 heavy (non-hydrogen) atoms. The summed E-state index contributed by atoms with van der Waals surface area (Å²) >= 11 is 0. The van der Waals surface area contributed by atoms with Gasteiger partial charge in [-0.05, 0) is 37.1 Å². The predicted molar refractivity (Wildman–Crippen MR) is 62.0 cm³/mol. The summed E-state index contributed by atoms with van der Waals surface area (Å²) in [4.78, 5) is 10.6. The molecule has 0 saturated carbocycles. The van der Waals surface area contributed by atoms with Crippen molar-refractivity contribution in [3.63, 3.8) is 0 Å². The van der Waals surface area contributed by atoms with E-state index in [1.165, 1.54) is 12.1 Å². The molecule has 1 aromatic rings. The van der Waals surface area contributed by atoms with Crippen LogP contribution in [0.5, 0.6) is 5.75 Å². The standard InChI is InChI=1S/C10H14N2O4S/c1-6-4-9(17(12,14)15)7(2)3-8(6)16-5-10(11)13/h3-4H,5H2,1-2H3,(H2,11,13)(H2,12,14,15). The summed E-state index contributed by atoms with van der Waals surface area (Å²) in [6, 6.07) is 2.92. The van der Waals surface area contributed by atoms with E-state index >= 15 is 0 Å². The van der Waals surface area contributed by atoms with Gasteiger partial charge in [-0.3, -0.25) is 4.79 Å². The number of sulfonamides is 1. The molecule has 0 aliphatic carbocycles. The lowest BCUT2D eigenvalue weighted by atomic mass is 10.1. The number of aryl methyl sites for hydroxylation is 2. The molecular formula is C10H14N2O4S. The first-order valence-corrected chi connectivity index (χ1v) is 6.31. The number of carbonyl (C=O) groups excluding carboxylic acids is 1. The molecule has 0 fully saturated rings. The van der Waals surface area contributed by atoms with Crippen molar-refractivity contribution in [1.82, 2.24) is 0 Å². The van der Waals surface area contributed by atoms with Crippen LogP contribution in [0.3, 0.4) is 0 Å². The minimum Gasteiger partial charge on any atom is -0.484 e. The molecule has 0 heterocycles. The highest BCUT2D eigenvalue weighted by Gasteiger charge is 2.14. The van der Waals surface area contributed by atoms with Crippen molar-refractivity contribution in [2.75, 3.05) is 6.61 Å². The average Bonchev–Trinajstić information content (AvgIpc) is 2.17. The molecule has 0 radical (unpaired) electrons. The molecule has 0 spiro atoms. The second-order valence-electron chi connectivity index (χ2n) is 3.68. The van der Waals surface area contributed by atoms with Crippen molar-refractivity contribution < 1.29 is 17.9 Å². The van der Waals surface area contributed by atoms with E-state index < -0.39 is 15.9 Å². The van der Waals surface area contributed by atoms with E-state index in [1.807, 2.05) is 0 Å². The third-order valence-corrected chi connectivity index (χ3v) is 3.20. The lowest BCUT2D eigenvalue weighted by Crippen LogP contribution is -2.20. The number of nitrogens with two attached hydrogens (primary N) is 2. The van der Waals surface area contributed by atoms with Gasteiger partial charge in [0.1, 0.15) is 5.75 Å². The number of hydrogen-bond acceptors (Lipinski definition) is 4. The molecule has 1 amide bonds. The summed E-state index contributed by atoms with van der Waals surface area (Å²) < 4.78 is 27.6. The molecule has 0 aromatic heterocycles. The van der Waals surface area contributed by atoms with Crippen LogP contribution in [0.4, 0.5) is 0 Å². The summed E-state index contributed by atoms with van der Waals surface area (Å²) in [7, 11) is -3.75. The molecular weight excluding hydrogens is 244 g/mol. The Hall–Kier alpha value is -1.60. The van der Waals surface area contributed by atoms with Crippen molar-refractivity contribution in [1.29, 1.82) is 0 Å². The predicted octanol–water partition coefficient (Wildman–Crippen LogP) is -0.185. The molecule has 0 atom stereocenters. The van der Waals surface area contributed by atoms with Gasteiger partial charge in [0.15, 0.2) is 6.61 Å². The van der Waals surface area contributed by atoms with Crippen LogP contribution < -0.4 is 15.6 Å². The zero-order valence-electron chi connectivity index (χ0n) is 9.56. The molecule has 0 saturated heterocycles. The maximum Gasteiger partial charge on any atom is 0.255 e. The fourth-order valence-electron chi connectivity index (χ4n) is 1.37. The van der Waals surface area contributed by atoms with E-state index in [-0.39, 0.29) is 11.5 Å². The Labute approximate surface area is 99.6 Å². The Bertz CT molecular complexity index is 552. The van der Waals surface area contributed by atoms with E-state index in [2.05, 4.69) is 0 Å². The minimum absolute atomic E-state index is 0.0430. The number of benzene rings is 1. The number of rotatable bonds is 4. The fraction of sp³-hybridized carbons (Fsp3) is 0.300. The lowest BCUT2D eigenvalue weighted by Gasteiger charge is -2.11. The summed E-state index contributed by atoms with van der Waals surface area (Å²) in [5.74, 6) is -0.189. The van der Waals surface area contributed by atoms with E-state index in [0.29, 0.717) is 16.9 Å². The lowest BCUT2D eigenvalue weighted by molar-refractivity contribution is -0.119. The molecule has 1 rings (SSSR count). The first-order chi connectivity index (χ1) is 7.71. The molecule has 1 aromatic carbocycles. The van der Waals surface area contributed by atoms with Crippen LogP contribution in [0.15, 0.2) is 17.0 Å². The number of primary sulfonamides is 1. The Morgan fingerprint density at radius 2 is 1.88 bits per heavy atom. The van der Waals surface area contributed by atoms with Gasteiger partial charge in [-0.2, -0.15) is 0 Å². The summed E-state index contributed by atoms with van der Waals surface area (Å²) in [5.41, 5.74) is 5.97. The molecule has 6 nitrogen and oxygen atoms in total. The topological polar surface area (TPSA) is 112 Å². The van der Waals surface area contributed by atoms with Crippen molar-refractivity contribution in [3.05, 3.63) is 23.3 Å². The quantitative estimate of drug-likeness (QED) is 0.779. The first kappa shape index (κ1) is 13.5. The van der Waals surface area contributed by atoms with Crippen LogP contribution in [0.1, 0.15) is 11.1 Å². The van der Waals surface area contributed by atoms with Crippen molar-refractivity contribution in [2.24, 2.45) is 10.9 Å². The number of ether oxygens (including phenoxy) is 1. The Kier molecular flexibility index (Phi) is 3.74. The number of carbonyl (C=O) groups is 1. The van der Waals surface area contributed by atoms with Gasteiger partial charge < -0.3 is 10.5 Å². The van der Waals surface area contributed by atoms with Crippen LogP contribution in [-0.2, 0) is 14.8 Å². The van der Waals surface area contributed by atoms with E-state index in [4.69, 9.17) is 15.6 Å². The van der Waals surface area contributed by atoms with Gasteiger partial charge in [0.05, 0.1) is 4.90 Å². The van der Waals surface area contributed by atoms with Gasteiger partial charge in [0.2, 0.25) is 10.0 Å². The average molecular weight is 258 g/mol. The van der Waals surface area contributed by atoms with Crippen molar-refractivity contribution in [2.45, 2.75) is 18.7 Å². The van der Waals surface area contributed by atoms with Gasteiger partial charge in [-0.1, -0.05) is 0 Å². The summed E-state index contributed by atoms with van der Waals surface area (Å²) in [6.07, 6.45) is 0. The van der Waals surface area contributed by atoms with Crippen molar-refractivity contribution in [3.8, 4) is 5.75 Å². The summed E-state index contributed by atoms with van der Waals surface area (Å²) in [6.45, 7) is 3.00. The molecule has 94 valence electrons. The SMILES string of the molecule is Cc1cc(S(N)(=O)=O)c(C)cc1OCC(N)=O. The van der Waals surface area contributed by atoms with Gasteiger partial charge in [-0.25, -0.2) is 13.6 Å². The number of amides is 1. The first-order valence-electron chi connectivity index (χ1n) is 4.77. The Morgan fingerprint density at radius 3 is 2.35 bits per heavy atom. The maximum atomic E-state index is 11.2. The normalized spacial score (nSPS) is 11.2. The van der Waals surface area contributed by atoms with Gasteiger partial charge in [0.25, 0.3) is 5.91 Å². The van der Waals surface area contributed by atoms with E-state index in [9.17, 15) is 13.2 Å². The molecule has 4 N–H and O–H groups in total. The fourth-order valence-corrected chi connectivity index (χ4v) is 2.22. The van der Waals surface area contributed by atoms with Crippen LogP contribution >= 0.6 is 0 Å². The van der Waals surface area contributed by atoms with Gasteiger partial charge >= 0.3 is 0 Å².